The van der Waals surface area contributed by atoms with E-state index in [1.54, 1.807) is 12.7 Å². The topological polar surface area (TPSA) is 9.23 Å². The third-order valence-corrected chi connectivity index (χ3v) is 1.32. The second kappa shape index (κ2) is 3.81. The highest BCUT2D eigenvalue weighted by molar-refractivity contribution is 5.26. The second-order valence-electron chi connectivity index (χ2n) is 2.30. The Balaban J connectivity index is 2.58. The summed E-state index contributed by atoms with van der Waals surface area (Å²) in [5.74, 6) is 0.843. The van der Waals surface area contributed by atoms with Crippen molar-refractivity contribution in [3.63, 3.8) is 0 Å². The van der Waals surface area contributed by atoms with Gasteiger partial charge < -0.3 is 4.74 Å². The van der Waals surface area contributed by atoms with Crippen molar-refractivity contribution in [2.75, 3.05) is 0 Å². The fourth-order valence-electron chi connectivity index (χ4n) is 0.744. The van der Waals surface area contributed by atoms with Crippen LogP contribution >= 0.6 is 0 Å². The molecular formula is C10H11O. The van der Waals surface area contributed by atoms with E-state index in [0.29, 0.717) is 0 Å². The van der Waals surface area contributed by atoms with E-state index < -0.39 is 0 Å². The Morgan fingerprint density at radius 3 is 2.45 bits per heavy atom. The minimum Gasteiger partial charge on any atom is -0.482 e. The summed E-state index contributed by atoms with van der Waals surface area (Å²) in [6.45, 7) is 7.12. The summed E-state index contributed by atoms with van der Waals surface area (Å²) in [5.41, 5.74) is 1.23. The van der Waals surface area contributed by atoms with E-state index >= 15 is 0 Å². The van der Waals surface area contributed by atoms with Crippen LogP contribution in [0, 0.1) is 13.5 Å². The summed E-state index contributed by atoms with van der Waals surface area (Å²) in [7, 11) is 0. The van der Waals surface area contributed by atoms with Gasteiger partial charge in [0, 0.05) is 0 Å². The smallest absolute Gasteiger partial charge is 0.157 e. The number of hydrogen-bond acceptors (Lipinski definition) is 1. The summed E-state index contributed by atoms with van der Waals surface area (Å²) >= 11 is 0. The minimum atomic E-state index is 0.843. The molecule has 1 aromatic rings. The van der Waals surface area contributed by atoms with Crippen LogP contribution in [-0.2, 0) is 0 Å². The molecule has 0 fully saturated rings. The van der Waals surface area contributed by atoms with Gasteiger partial charge in [-0.2, -0.15) is 0 Å². The van der Waals surface area contributed by atoms with E-state index in [-0.39, 0.29) is 0 Å². The van der Waals surface area contributed by atoms with Crippen molar-refractivity contribution < 1.29 is 4.74 Å². The third-order valence-electron chi connectivity index (χ3n) is 1.32. The van der Waals surface area contributed by atoms with Gasteiger partial charge >= 0.3 is 0 Å². The molecule has 0 aliphatic rings. The molecule has 0 saturated carbocycles. The number of benzene rings is 1. The lowest BCUT2D eigenvalue weighted by atomic mass is 10.2. The quantitative estimate of drug-likeness (QED) is 0.638. The van der Waals surface area contributed by atoms with Crippen molar-refractivity contribution in [3.05, 3.63) is 49.1 Å². The zero-order valence-corrected chi connectivity index (χ0v) is 6.58. The van der Waals surface area contributed by atoms with E-state index in [0.717, 1.165) is 5.75 Å². The van der Waals surface area contributed by atoms with Crippen LogP contribution in [0.3, 0.4) is 0 Å². The van der Waals surface area contributed by atoms with Crippen LogP contribution in [0.5, 0.6) is 5.75 Å². The maximum atomic E-state index is 5.17. The first-order chi connectivity index (χ1) is 5.33. The molecule has 0 saturated heterocycles. The summed E-state index contributed by atoms with van der Waals surface area (Å²) in [5, 5.41) is 0. The fraction of sp³-hybridized carbons (Fsp3) is 0.100. The van der Waals surface area contributed by atoms with Crippen molar-refractivity contribution in [3.8, 4) is 5.75 Å². The van der Waals surface area contributed by atoms with Gasteiger partial charge in [-0.3, -0.25) is 0 Å². The zero-order valence-electron chi connectivity index (χ0n) is 6.58. The minimum absolute atomic E-state index is 0.843. The summed E-state index contributed by atoms with van der Waals surface area (Å²) in [4.78, 5) is 0. The van der Waals surface area contributed by atoms with E-state index in [2.05, 4.69) is 6.58 Å². The van der Waals surface area contributed by atoms with Gasteiger partial charge in [-0.15, -0.1) is 0 Å². The van der Waals surface area contributed by atoms with Gasteiger partial charge in [0.25, 0.3) is 0 Å². The first-order valence-electron chi connectivity index (χ1n) is 3.50. The first-order valence-corrected chi connectivity index (χ1v) is 3.50. The molecule has 0 aromatic heterocycles. The van der Waals surface area contributed by atoms with Crippen molar-refractivity contribution in [1.29, 1.82) is 0 Å². The lowest BCUT2D eigenvalue weighted by Crippen LogP contribution is -1.85. The highest BCUT2D eigenvalue weighted by atomic mass is 16.5. The molecule has 0 N–H and O–H groups in total. The predicted octanol–water partition coefficient (Wildman–Crippen LogP) is 2.72. The van der Waals surface area contributed by atoms with Crippen molar-refractivity contribution in [1.82, 2.24) is 0 Å². The molecule has 0 amide bonds. The average molecular weight is 147 g/mol. The number of aryl methyl sites for hydroxylation is 1. The Kier molecular flexibility index (Phi) is 2.73. The largest absolute Gasteiger partial charge is 0.482 e. The van der Waals surface area contributed by atoms with Gasteiger partial charge in [-0.1, -0.05) is 24.3 Å². The summed E-state index contributed by atoms with van der Waals surface area (Å²) < 4.78 is 5.17. The number of hydrogen-bond donors (Lipinski definition) is 0. The Morgan fingerprint density at radius 1 is 1.27 bits per heavy atom. The van der Waals surface area contributed by atoms with Crippen LogP contribution in [0.1, 0.15) is 5.56 Å². The molecule has 1 rings (SSSR count). The van der Waals surface area contributed by atoms with Crippen molar-refractivity contribution >= 4 is 0 Å². The average Bonchev–Trinajstić information content (AvgIpc) is 2.04. The fourth-order valence-corrected chi connectivity index (χ4v) is 0.744. The molecule has 0 unspecified atom stereocenters. The molecule has 1 aromatic carbocycles. The molecule has 1 radical (unpaired) electrons. The van der Waals surface area contributed by atoms with Gasteiger partial charge in [0.1, 0.15) is 5.75 Å². The molecule has 0 bridgehead atoms. The van der Waals surface area contributed by atoms with Gasteiger partial charge in [0.05, 0.1) is 0 Å². The van der Waals surface area contributed by atoms with E-state index in [9.17, 15) is 0 Å². The molecule has 0 spiro atoms. The molecule has 1 nitrogen and oxygen atoms in total. The Hall–Kier alpha value is -1.24. The monoisotopic (exact) mass is 147 g/mol. The van der Waals surface area contributed by atoms with Gasteiger partial charge in [0.2, 0.25) is 0 Å². The Labute approximate surface area is 67.3 Å². The van der Waals surface area contributed by atoms with E-state index in [4.69, 9.17) is 4.74 Å². The second-order valence-corrected chi connectivity index (χ2v) is 2.30. The van der Waals surface area contributed by atoms with Crippen LogP contribution < -0.4 is 4.74 Å². The highest BCUT2D eigenvalue weighted by Crippen LogP contribution is 2.11. The van der Waals surface area contributed by atoms with Crippen LogP contribution in [0.4, 0.5) is 0 Å². The van der Waals surface area contributed by atoms with Crippen LogP contribution in [-0.4, -0.2) is 0 Å². The highest BCUT2D eigenvalue weighted by Gasteiger charge is 1.89. The molecule has 0 atom stereocenters. The molecular weight excluding hydrogens is 136 g/mol. The first kappa shape index (κ1) is 7.86. The number of rotatable bonds is 3. The SMILES string of the molecule is C=C[CH]Oc1ccc(C)cc1. The summed E-state index contributed by atoms with van der Waals surface area (Å²) in [6, 6.07) is 7.86. The van der Waals surface area contributed by atoms with Crippen molar-refractivity contribution in [2.24, 2.45) is 0 Å². The van der Waals surface area contributed by atoms with Crippen LogP contribution in [0.15, 0.2) is 36.9 Å². The van der Waals surface area contributed by atoms with Crippen LogP contribution in [0.25, 0.3) is 0 Å². The van der Waals surface area contributed by atoms with E-state index in [1.165, 1.54) is 5.56 Å². The Morgan fingerprint density at radius 2 is 1.91 bits per heavy atom. The maximum Gasteiger partial charge on any atom is 0.157 e. The van der Waals surface area contributed by atoms with Gasteiger partial charge in [-0.05, 0) is 25.1 Å². The van der Waals surface area contributed by atoms with Gasteiger partial charge in [-0.25, -0.2) is 0 Å². The molecule has 57 valence electrons. The van der Waals surface area contributed by atoms with Gasteiger partial charge in [0.15, 0.2) is 6.61 Å². The molecule has 1 heteroatoms. The standard InChI is InChI=1S/C10H11O/c1-3-8-11-10-6-4-9(2)5-7-10/h3-8H,1H2,2H3. The molecule has 0 aliphatic carbocycles. The Bertz CT molecular complexity index is 223. The molecule has 11 heavy (non-hydrogen) atoms. The molecule has 0 aliphatic heterocycles. The maximum absolute atomic E-state index is 5.17. The zero-order chi connectivity index (χ0) is 8.10. The summed E-state index contributed by atoms with van der Waals surface area (Å²) in [6.07, 6.45) is 1.61. The lowest BCUT2D eigenvalue weighted by Gasteiger charge is -2.00. The predicted molar refractivity (Wildman–Crippen MR) is 46.3 cm³/mol. The lowest BCUT2D eigenvalue weighted by molar-refractivity contribution is 0.434. The molecule has 0 heterocycles. The normalized spacial score (nSPS) is 9.18. The number of ether oxygens (including phenoxy) is 1. The van der Waals surface area contributed by atoms with E-state index in [1.807, 2.05) is 31.2 Å². The van der Waals surface area contributed by atoms with Crippen molar-refractivity contribution in [2.45, 2.75) is 6.92 Å². The van der Waals surface area contributed by atoms with Crippen LogP contribution in [0.2, 0.25) is 0 Å². The third kappa shape index (κ3) is 2.46.